The van der Waals surface area contributed by atoms with E-state index in [9.17, 15) is 19.1 Å². The number of aliphatic hydroxyl groups is 1. The summed E-state index contributed by atoms with van der Waals surface area (Å²) in [7, 11) is -7.34. The molecule has 0 aromatic rings. The van der Waals surface area contributed by atoms with Crippen molar-refractivity contribution in [3.8, 4) is 0 Å². The van der Waals surface area contributed by atoms with Crippen LogP contribution in [0, 0.1) is 0 Å². The van der Waals surface area contributed by atoms with Gasteiger partial charge in [0.2, 0.25) is 0 Å². The summed E-state index contributed by atoms with van der Waals surface area (Å²) >= 11 is 0. The van der Waals surface area contributed by atoms with Gasteiger partial charge in [0.05, 0.1) is 24.4 Å². The topological polar surface area (TPSA) is 143 Å². The van der Waals surface area contributed by atoms with Crippen LogP contribution in [0.25, 0.3) is 0 Å². The standard InChI is InChI=1S/C11H27BO9P2/c1-5-11(4,6-7-19-22(14,15)16)21-23(17,18)20-8-9(12)10(2,3)13/h9,13H,5-8,12H2,1-4H3,(H,17,18)(H2,14,15,16). The molecule has 0 saturated carbocycles. The van der Waals surface area contributed by atoms with Gasteiger partial charge < -0.3 is 19.8 Å². The molecule has 3 atom stereocenters. The van der Waals surface area contributed by atoms with E-state index in [2.05, 4.69) is 4.52 Å². The lowest BCUT2D eigenvalue weighted by molar-refractivity contribution is 0.00530. The quantitative estimate of drug-likeness (QED) is 0.306. The highest BCUT2D eigenvalue weighted by atomic mass is 31.2. The summed E-state index contributed by atoms with van der Waals surface area (Å²) in [5, 5.41) is 9.77. The number of phosphoric acid groups is 2. The van der Waals surface area contributed by atoms with Crippen molar-refractivity contribution in [2.24, 2.45) is 0 Å². The van der Waals surface area contributed by atoms with E-state index in [-0.39, 0.29) is 19.6 Å². The van der Waals surface area contributed by atoms with Gasteiger partial charge in [-0.2, -0.15) is 0 Å². The van der Waals surface area contributed by atoms with Crippen molar-refractivity contribution >= 4 is 23.5 Å². The third-order valence-corrected chi connectivity index (χ3v) is 5.33. The Bertz CT molecular complexity index is 461. The van der Waals surface area contributed by atoms with E-state index >= 15 is 0 Å². The van der Waals surface area contributed by atoms with Crippen LogP contribution >= 0.6 is 15.6 Å². The second kappa shape index (κ2) is 8.56. The van der Waals surface area contributed by atoms with Gasteiger partial charge in [-0.15, -0.1) is 0 Å². The molecule has 0 aromatic carbocycles. The molecular weight excluding hydrogens is 349 g/mol. The summed E-state index contributed by atoms with van der Waals surface area (Å²) in [5.74, 6) is -0.405. The maximum absolute atomic E-state index is 12.0. The minimum Gasteiger partial charge on any atom is -0.391 e. The van der Waals surface area contributed by atoms with E-state index in [0.717, 1.165) is 0 Å². The van der Waals surface area contributed by atoms with Gasteiger partial charge in [0.15, 0.2) is 0 Å². The van der Waals surface area contributed by atoms with Gasteiger partial charge in [0.1, 0.15) is 7.85 Å². The monoisotopic (exact) mass is 376 g/mol. The maximum atomic E-state index is 12.0. The molecule has 0 aliphatic carbocycles. The molecule has 0 aliphatic rings. The Labute approximate surface area is 137 Å². The molecule has 0 rings (SSSR count). The molecule has 12 heteroatoms. The largest absolute Gasteiger partial charge is 0.472 e. The van der Waals surface area contributed by atoms with Gasteiger partial charge in [-0.3, -0.25) is 13.6 Å². The molecule has 0 radical (unpaired) electrons. The molecule has 0 saturated heterocycles. The summed E-state index contributed by atoms with van der Waals surface area (Å²) in [6.45, 7) is 5.79. The first kappa shape index (κ1) is 23.2. The van der Waals surface area contributed by atoms with Crippen molar-refractivity contribution in [2.75, 3.05) is 13.2 Å². The second-order valence-electron chi connectivity index (χ2n) is 6.29. The second-order valence-corrected chi connectivity index (χ2v) is 8.90. The van der Waals surface area contributed by atoms with Gasteiger partial charge in [-0.1, -0.05) is 6.92 Å². The van der Waals surface area contributed by atoms with E-state index in [1.807, 2.05) is 0 Å². The Kier molecular flexibility index (Phi) is 8.65. The molecule has 0 spiro atoms. The predicted octanol–water partition coefficient (Wildman–Crippen LogP) is 0.981. The van der Waals surface area contributed by atoms with Crippen LogP contribution in [-0.2, 0) is 22.7 Å². The van der Waals surface area contributed by atoms with E-state index < -0.39 is 32.7 Å². The van der Waals surface area contributed by atoms with Crippen molar-refractivity contribution in [1.82, 2.24) is 0 Å². The number of hydrogen-bond acceptors (Lipinski definition) is 6. The average molecular weight is 376 g/mol. The average Bonchev–Trinajstić information content (AvgIpc) is 2.32. The van der Waals surface area contributed by atoms with E-state index in [1.54, 1.807) is 28.6 Å². The zero-order chi connectivity index (χ0) is 18.5. The van der Waals surface area contributed by atoms with E-state index in [1.165, 1.54) is 6.92 Å². The summed E-state index contributed by atoms with van der Waals surface area (Å²) in [6.07, 6.45) is 0.288. The predicted molar refractivity (Wildman–Crippen MR) is 86.8 cm³/mol. The Morgan fingerprint density at radius 1 is 1.13 bits per heavy atom. The highest BCUT2D eigenvalue weighted by Gasteiger charge is 2.36. The lowest BCUT2D eigenvalue weighted by Crippen LogP contribution is -2.31. The fourth-order valence-corrected chi connectivity index (χ4v) is 2.95. The Morgan fingerprint density at radius 3 is 2.04 bits per heavy atom. The highest BCUT2D eigenvalue weighted by molar-refractivity contribution is 7.47. The summed E-state index contributed by atoms with van der Waals surface area (Å²) in [5.41, 5.74) is -2.23. The van der Waals surface area contributed by atoms with Crippen LogP contribution in [-0.4, -0.2) is 52.0 Å². The minimum absolute atomic E-state index is 0.0104. The normalized spacial score (nSPS) is 19.8. The first-order valence-corrected chi connectivity index (χ1v) is 10.2. The molecule has 23 heavy (non-hydrogen) atoms. The number of hydrogen-bond donors (Lipinski definition) is 4. The first-order chi connectivity index (χ1) is 10.1. The zero-order valence-corrected chi connectivity index (χ0v) is 15.9. The third kappa shape index (κ3) is 10.7. The summed E-state index contributed by atoms with van der Waals surface area (Å²) in [6, 6.07) is 0. The van der Waals surface area contributed by atoms with Crippen LogP contribution in [0.4, 0.5) is 0 Å². The fraction of sp³-hybridized carbons (Fsp3) is 1.00. The fourth-order valence-electron chi connectivity index (χ4n) is 1.38. The molecule has 0 aliphatic heterocycles. The molecule has 3 unspecified atom stereocenters. The first-order valence-electron chi connectivity index (χ1n) is 7.21. The smallest absolute Gasteiger partial charge is 0.391 e. The third-order valence-electron chi connectivity index (χ3n) is 3.67. The van der Waals surface area contributed by atoms with Crippen molar-refractivity contribution in [3.63, 3.8) is 0 Å². The van der Waals surface area contributed by atoms with Crippen LogP contribution in [0.15, 0.2) is 0 Å². The zero-order valence-electron chi connectivity index (χ0n) is 14.1. The van der Waals surface area contributed by atoms with Crippen LogP contribution in [0.5, 0.6) is 0 Å². The number of phosphoric ester groups is 2. The molecule has 4 N–H and O–H groups in total. The molecule has 9 nitrogen and oxygen atoms in total. The minimum atomic E-state index is -4.60. The van der Waals surface area contributed by atoms with Gasteiger partial charge in [0.25, 0.3) is 0 Å². The number of rotatable bonds is 11. The molecule has 0 fully saturated rings. The molecule has 0 heterocycles. The molecule has 0 amide bonds. The Balaban J connectivity index is 4.63. The molecular formula is C11H27BO9P2. The van der Waals surface area contributed by atoms with Crippen molar-refractivity contribution in [2.45, 2.75) is 57.6 Å². The Morgan fingerprint density at radius 2 is 1.65 bits per heavy atom. The Hall–Kier alpha value is 0.245. The lowest BCUT2D eigenvalue weighted by atomic mass is 9.76. The van der Waals surface area contributed by atoms with Gasteiger partial charge in [0, 0.05) is 6.42 Å². The maximum Gasteiger partial charge on any atom is 0.472 e. The van der Waals surface area contributed by atoms with Crippen LogP contribution < -0.4 is 0 Å². The van der Waals surface area contributed by atoms with Gasteiger partial charge >= 0.3 is 15.6 Å². The van der Waals surface area contributed by atoms with Crippen LogP contribution in [0.1, 0.15) is 40.5 Å². The molecule has 0 bridgehead atoms. The van der Waals surface area contributed by atoms with Gasteiger partial charge in [-0.05, 0) is 33.0 Å². The van der Waals surface area contributed by atoms with E-state index in [4.69, 9.17) is 18.8 Å². The summed E-state index contributed by atoms with van der Waals surface area (Å²) in [4.78, 5) is 27.1. The SMILES string of the molecule is BC(COP(=O)(O)OC(C)(CC)CCOP(=O)(O)O)C(C)(C)O. The van der Waals surface area contributed by atoms with E-state index in [0.29, 0.717) is 6.42 Å². The van der Waals surface area contributed by atoms with Crippen molar-refractivity contribution in [1.29, 1.82) is 0 Å². The van der Waals surface area contributed by atoms with Crippen LogP contribution in [0.2, 0.25) is 5.82 Å². The summed E-state index contributed by atoms with van der Waals surface area (Å²) < 4.78 is 37.0. The van der Waals surface area contributed by atoms with Crippen molar-refractivity contribution < 1.29 is 42.5 Å². The van der Waals surface area contributed by atoms with Gasteiger partial charge in [-0.25, -0.2) is 9.13 Å². The van der Waals surface area contributed by atoms with Crippen molar-refractivity contribution in [3.05, 3.63) is 0 Å². The van der Waals surface area contributed by atoms with Crippen LogP contribution in [0.3, 0.4) is 0 Å². The highest BCUT2D eigenvalue weighted by Crippen LogP contribution is 2.50. The molecule has 0 aromatic heterocycles. The lowest BCUT2D eigenvalue weighted by Gasteiger charge is -2.31. The molecule has 138 valence electrons.